The van der Waals surface area contributed by atoms with Crippen LogP contribution in [0.4, 0.5) is 10.1 Å². The van der Waals surface area contributed by atoms with E-state index >= 15 is 0 Å². The van der Waals surface area contributed by atoms with Gasteiger partial charge in [-0.05, 0) is 40.9 Å². The molecule has 4 nitrogen and oxygen atoms in total. The van der Waals surface area contributed by atoms with Gasteiger partial charge in [-0.15, -0.1) is 0 Å². The van der Waals surface area contributed by atoms with Crippen LogP contribution in [0.15, 0.2) is 21.5 Å². The summed E-state index contributed by atoms with van der Waals surface area (Å²) in [6.07, 6.45) is 1.83. The highest BCUT2D eigenvalue weighted by atomic mass is 79.9. The van der Waals surface area contributed by atoms with Gasteiger partial charge in [-0.2, -0.15) is 0 Å². The van der Waals surface area contributed by atoms with Crippen molar-refractivity contribution in [1.82, 2.24) is 0 Å². The maximum absolute atomic E-state index is 13.8. The number of nitrogens with one attached hydrogen (secondary N) is 1. The van der Waals surface area contributed by atoms with Gasteiger partial charge in [-0.1, -0.05) is 0 Å². The van der Waals surface area contributed by atoms with E-state index in [1.165, 1.54) is 12.1 Å². The van der Waals surface area contributed by atoms with Crippen LogP contribution in [0.3, 0.4) is 0 Å². The minimum Gasteiger partial charge on any atom is -0.379 e. The lowest BCUT2D eigenvalue weighted by atomic mass is 10.3. The summed E-state index contributed by atoms with van der Waals surface area (Å²) in [4.78, 5) is -0.208. The van der Waals surface area contributed by atoms with Crippen LogP contribution in [0.25, 0.3) is 0 Å². The lowest BCUT2D eigenvalue weighted by Gasteiger charge is -2.11. The highest BCUT2D eigenvalue weighted by molar-refractivity contribution is 9.10. The molecule has 1 saturated carbocycles. The van der Waals surface area contributed by atoms with Crippen molar-refractivity contribution in [1.29, 1.82) is 0 Å². The van der Waals surface area contributed by atoms with E-state index < -0.39 is 15.8 Å². The number of primary sulfonamides is 1. The Morgan fingerprint density at radius 3 is 2.56 bits per heavy atom. The van der Waals surface area contributed by atoms with Gasteiger partial charge >= 0.3 is 0 Å². The zero-order valence-corrected chi connectivity index (χ0v) is 10.6. The van der Waals surface area contributed by atoms with Gasteiger partial charge in [-0.3, -0.25) is 0 Å². The van der Waals surface area contributed by atoms with Crippen molar-refractivity contribution in [2.45, 2.75) is 23.8 Å². The molecule has 1 fully saturated rings. The van der Waals surface area contributed by atoms with Crippen molar-refractivity contribution >= 4 is 31.6 Å². The van der Waals surface area contributed by atoms with Crippen molar-refractivity contribution < 1.29 is 12.8 Å². The van der Waals surface area contributed by atoms with E-state index in [2.05, 4.69) is 21.2 Å². The van der Waals surface area contributed by atoms with E-state index in [4.69, 9.17) is 5.14 Å². The second-order valence-corrected chi connectivity index (χ2v) is 6.08. The number of anilines is 1. The molecular formula is C9H10BrFN2O2S. The molecule has 0 amide bonds. The molecule has 0 aromatic heterocycles. The molecule has 7 heteroatoms. The summed E-state index contributed by atoms with van der Waals surface area (Å²) in [7, 11) is -3.91. The molecule has 0 aliphatic heterocycles. The molecule has 88 valence electrons. The molecular weight excluding hydrogens is 299 g/mol. The lowest BCUT2D eigenvalue weighted by Crippen LogP contribution is -2.17. The van der Waals surface area contributed by atoms with E-state index in [9.17, 15) is 12.8 Å². The fraction of sp³-hybridized carbons (Fsp3) is 0.333. The van der Waals surface area contributed by atoms with Crippen LogP contribution in [-0.2, 0) is 10.0 Å². The zero-order chi connectivity index (χ0) is 11.9. The summed E-state index contributed by atoms with van der Waals surface area (Å²) in [5.41, 5.74) is -0.0422. The largest absolute Gasteiger partial charge is 0.379 e. The van der Waals surface area contributed by atoms with Crippen LogP contribution in [0.5, 0.6) is 0 Å². The Labute approximate surface area is 101 Å². The van der Waals surface area contributed by atoms with Crippen LogP contribution in [0, 0.1) is 5.82 Å². The van der Waals surface area contributed by atoms with Crippen molar-refractivity contribution in [3.8, 4) is 0 Å². The average molecular weight is 309 g/mol. The van der Waals surface area contributed by atoms with E-state index in [0.29, 0.717) is 0 Å². The molecule has 0 saturated heterocycles. The minimum absolute atomic E-state index is 0.0422. The number of halogens is 2. The zero-order valence-electron chi connectivity index (χ0n) is 8.20. The first-order valence-corrected chi connectivity index (χ1v) is 7.01. The summed E-state index contributed by atoms with van der Waals surface area (Å²) in [5.74, 6) is -0.626. The number of benzene rings is 1. The number of hydrogen-bond acceptors (Lipinski definition) is 3. The van der Waals surface area contributed by atoms with Gasteiger partial charge < -0.3 is 5.32 Å². The fourth-order valence-corrected chi connectivity index (χ4v) is 2.36. The first kappa shape index (κ1) is 11.8. The molecule has 0 atom stereocenters. The molecule has 0 radical (unpaired) electrons. The number of nitrogens with two attached hydrogens (primary N) is 1. The third-order valence-corrected chi connectivity index (χ3v) is 3.85. The van der Waals surface area contributed by atoms with Gasteiger partial charge in [0.15, 0.2) is 5.82 Å². The van der Waals surface area contributed by atoms with Crippen LogP contribution >= 0.6 is 15.9 Å². The van der Waals surface area contributed by atoms with E-state index in [0.717, 1.165) is 12.8 Å². The lowest BCUT2D eigenvalue weighted by molar-refractivity contribution is 0.592. The average Bonchev–Trinajstić information content (AvgIpc) is 2.95. The topological polar surface area (TPSA) is 72.2 Å². The van der Waals surface area contributed by atoms with E-state index in [-0.39, 0.29) is 21.1 Å². The van der Waals surface area contributed by atoms with Crippen molar-refractivity contribution in [2.24, 2.45) is 5.14 Å². The molecule has 0 bridgehead atoms. The Morgan fingerprint density at radius 1 is 1.44 bits per heavy atom. The van der Waals surface area contributed by atoms with Gasteiger partial charge in [0.05, 0.1) is 10.2 Å². The van der Waals surface area contributed by atoms with Crippen LogP contribution in [0.2, 0.25) is 0 Å². The number of hydrogen-bond donors (Lipinski definition) is 2. The van der Waals surface area contributed by atoms with Crippen LogP contribution < -0.4 is 10.5 Å². The Morgan fingerprint density at radius 2 is 2.06 bits per heavy atom. The molecule has 0 spiro atoms. The Kier molecular flexibility index (Phi) is 2.93. The number of rotatable bonds is 3. The number of sulfonamides is 1. The summed E-state index contributed by atoms with van der Waals surface area (Å²) >= 11 is 3.01. The molecule has 1 aromatic carbocycles. The summed E-state index contributed by atoms with van der Waals surface area (Å²) < 4.78 is 36.5. The van der Waals surface area contributed by atoms with E-state index in [1.54, 1.807) is 0 Å². The SMILES string of the molecule is NS(=O)(=O)c1ccc(Br)c(F)c1NC1CC1. The summed E-state index contributed by atoms with van der Waals surface area (Å²) in [5, 5.41) is 7.86. The second kappa shape index (κ2) is 3.97. The van der Waals surface area contributed by atoms with Gasteiger partial charge in [0.2, 0.25) is 10.0 Å². The first-order chi connectivity index (χ1) is 7.39. The molecule has 3 N–H and O–H groups in total. The molecule has 0 unspecified atom stereocenters. The van der Waals surface area contributed by atoms with Crippen molar-refractivity contribution in [3.05, 3.63) is 22.4 Å². The standard InChI is InChI=1S/C9H10BrFN2O2S/c10-6-3-4-7(16(12,14)15)9(8(6)11)13-5-1-2-5/h3-5,13H,1-2H2,(H2,12,14,15). The molecule has 2 rings (SSSR count). The van der Waals surface area contributed by atoms with Crippen molar-refractivity contribution in [3.63, 3.8) is 0 Å². The third-order valence-electron chi connectivity index (χ3n) is 2.29. The molecule has 1 aromatic rings. The van der Waals surface area contributed by atoms with Gasteiger partial charge in [-0.25, -0.2) is 17.9 Å². The normalized spacial score (nSPS) is 16.2. The molecule has 16 heavy (non-hydrogen) atoms. The minimum atomic E-state index is -3.91. The molecule has 0 heterocycles. The van der Waals surface area contributed by atoms with Crippen LogP contribution in [0.1, 0.15) is 12.8 Å². The van der Waals surface area contributed by atoms with Gasteiger partial charge in [0.25, 0.3) is 0 Å². The predicted molar refractivity (Wildman–Crippen MR) is 62.1 cm³/mol. The first-order valence-electron chi connectivity index (χ1n) is 4.67. The predicted octanol–water partition coefficient (Wildman–Crippen LogP) is 1.81. The second-order valence-electron chi connectivity index (χ2n) is 3.70. The summed E-state index contributed by atoms with van der Waals surface area (Å²) in [6, 6.07) is 2.75. The fourth-order valence-electron chi connectivity index (χ4n) is 1.34. The quantitative estimate of drug-likeness (QED) is 0.894. The third kappa shape index (κ3) is 2.36. The van der Waals surface area contributed by atoms with Crippen molar-refractivity contribution in [2.75, 3.05) is 5.32 Å². The molecule has 1 aliphatic rings. The Balaban J connectivity index is 2.54. The summed E-state index contributed by atoms with van der Waals surface area (Å²) in [6.45, 7) is 0. The maximum atomic E-state index is 13.8. The highest BCUT2D eigenvalue weighted by Crippen LogP contribution is 2.33. The van der Waals surface area contributed by atoms with Gasteiger partial charge in [0, 0.05) is 6.04 Å². The Hall–Kier alpha value is -0.660. The highest BCUT2D eigenvalue weighted by Gasteiger charge is 2.27. The van der Waals surface area contributed by atoms with Gasteiger partial charge in [0.1, 0.15) is 4.90 Å². The smallest absolute Gasteiger partial charge is 0.240 e. The Bertz CT molecular complexity index is 529. The van der Waals surface area contributed by atoms with E-state index in [1.807, 2.05) is 0 Å². The monoisotopic (exact) mass is 308 g/mol. The van der Waals surface area contributed by atoms with Crippen LogP contribution in [-0.4, -0.2) is 14.5 Å². The molecule has 1 aliphatic carbocycles. The maximum Gasteiger partial charge on any atom is 0.240 e.